The number of benzene rings is 1. The zero-order valence-corrected chi connectivity index (χ0v) is 15.7. The standard InChI is InChI=1S/C21H26N2O4/c1-13(20(24)23-14-8-10-22-11-9-14)26-15-6-7-17-16-4-2-3-5-18(16)21(25)27-19(17)12-15/h6-7,12-14,22H,2-5,8-11H2,1H3,(H,23,24). The maximum atomic E-state index is 12.4. The molecular formula is C21H26N2O4. The van der Waals surface area contributed by atoms with Gasteiger partial charge in [0.1, 0.15) is 11.3 Å². The number of fused-ring (bicyclic) bond motifs is 3. The van der Waals surface area contributed by atoms with Crippen LogP contribution in [0.4, 0.5) is 0 Å². The van der Waals surface area contributed by atoms with Crippen LogP contribution in [-0.2, 0) is 17.6 Å². The van der Waals surface area contributed by atoms with E-state index in [-0.39, 0.29) is 17.6 Å². The van der Waals surface area contributed by atoms with Gasteiger partial charge in [0.15, 0.2) is 6.10 Å². The number of hydrogen-bond donors (Lipinski definition) is 2. The summed E-state index contributed by atoms with van der Waals surface area (Å²) in [6.45, 7) is 3.59. The molecule has 1 atom stereocenters. The number of rotatable bonds is 4. The summed E-state index contributed by atoms with van der Waals surface area (Å²) in [5.41, 5.74) is 2.21. The first-order chi connectivity index (χ1) is 13.1. The van der Waals surface area contributed by atoms with Gasteiger partial charge in [-0.25, -0.2) is 4.79 Å². The summed E-state index contributed by atoms with van der Waals surface area (Å²) in [5.74, 6) is 0.420. The molecule has 1 aromatic heterocycles. The van der Waals surface area contributed by atoms with Gasteiger partial charge in [-0.2, -0.15) is 0 Å². The maximum Gasteiger partial charge on any atom is 0.339 e. The van der Waals surface area contributed by atoms with Crippen molar-refractivity contribution in [3.05, 3.63) is 39.7 Å². The quantitative estimate of drug-likeness (QED) is 0.808. The molecule has 2 N–H and O–H groups in total. The van der Waals surface area contributed by atoms with Gasteiger partial charge in [-0.05, 0) is 76.2 Å². The summed E-state index contributed by atoms with van der Waals surface area (Å²) >= 11 is 0. The van der Waals surface area contributed by atoms with E-state index in [1.807, 2.05) is 12.1 Å². The third-order valence-corrected chi connectivity index (χ3v) is 5.56. The maximum absolute atomic E-state index is 12.4. The third kappa shape index (κ3) is 3.86. The molecule has 2 aromatic rings. The highest BCUT2D eigenvalue weighted by Gasteiger charge is 2.22. The van der Waals surface area contributed by atoms with Gasteiger partial charge in [-0.15, -0.1) is 0 Å². The van der Waals surface area contributed by atoms with Gasteiger partial charge in [-0.3, -0.25) is 4.79 Å². The van der Waals surface area contributed by atoms with E-state index in [0.717, 1.165) is 68.1 Å². The lowest BCUT2D eigenvalue weighted by atomic mass is 9.91. The molecule has 6 heteroatoms. The molecule has 0 bridgehead atoms. The van der Waals surface area contributed by atoms with Crippen molar-refractivity contribution < 1.29 is 13.9 Å². The van der Waals surface area contributed by atoms with Crippen molar-refractivity contribution >= 4 is 16.9 Å². The Kier molecular flexibility index (Phi) is 5.16. The number of carbonyl (C=O) groups excluding carboxylic acids is 1. The van der Waals surface area contributed by atoms with Crippen molar-refractivity contribution in [2.24, 2.45) is 0 Å². The summed E-state index contributed by atoms with van der Waals surface area (Å²) < 4.78 is 11.3. The van der Waals surface area contributed by atoms with Crippen LogP contribution in [0.2, 0.25) is 0 Å². The van der Waals surface area contributed by atoms with Gasteiger partial charge in [0, 0.05) is 23.1 Å². The van der Waals surface area contributed by atoms with Crippen molar-refractivity contribution in [3.8, 4) is 5.75 Å². The lowest BCUT2D eigenvalue weighted by molar-refractivity contribution is -0.128. The Labute approximate surface area is 158 Å². The lowest BCUT2D eigenvalue weighted by Crippen LogP contribution is -2.46. The Morgan fingerprint density at radius 1 is 1.22 bits per heavy atom. The summed E-state index contributed by atoms with van der Waals surface area (Å²) in [4.78, 5) is 24.7. The number of carbonyl (C=O) groups is 1. The molecule has 27 heavy (non-hydrogen) atoms. The minimum absolute atomic E-state index is 0.117. The largest absolute Gasteiger partial charge is 0.481 e. The second-order valence-corrected chi connectivity index (χ2v) is 7.50. The Hall–Kier alpha value is -2.34. The van der Waals surface area contributed by atoms with E-state index in [0.29, 0.717) is 11.3 Å². The normalized spacial score (nSPS) is 18.7. The van der Waals surface area contributed by atoms with Crippen molar-refractivity contribution in [2.75, 3.05) is 13.1 Å². The van der Waals surface area contributed by atoms with E-state index in [1.54, 1.807) is 13.0 Å². The Bertz CT molecular complexity index is 899. The molecule has 6 nitrogen and oxygen atoms in total. The van der Waals surface area contributed by atoms with Crippen LogP contribution in [0.25, 0.3) is 11.0 Å². The van der Waals surface area contributed by atoms with E-state index in [9.17, 15) is 9.59 Å². The van der Waals surface area contributed by atoms with Crippen LogP contribution in [-0.4, -0.2) is 31.1 Å². The molecular weight excluding hydrogens is 344 g/mol. The van der Waals surface area contributed by atoms with Gasteiger partial charge in [0.05, 0.1) is 0 Å². The predicted molar refractivity (Wildman–Crippen MR) is 103 cm³/mol. The molecule has 1 aliphatic carbocycles. The highest BCUT2D eigenvalue weighted by atomic mass is 16.5. The third-order valence-electron chi connectivity index (χ3n) is 5.56. The van der Waals surface area contributed by atoms with E-state index in [1.165, 1.54) is 0 Å². The second-order valence-electron chi connectivity index (χ2n) is 7.50. The summed E-state index contributed by atoms with van der Waals surface area (Å²) in [6.07, 6.45) is 5.09. The van der Waals surface area contributed by atoms with E-state index >= 15 is 0 Å². The number of hydrogen-bond acceptors (Lipinski definition) is 5. The van der Waals surface area contributed by atoms with Crippen LogP contribution < -0.4 is 21.0 Å². The average molecular weight is 370 g/mol. The molecule has 1 unspecified atom stereocenters. The van der Waals surface area contributed by atoms with Crippen molar-refractivity contribution in [3.63, 3.8) is 0 Å². The number of ether oxygens (including phenoxy) is 1. The fourth-order valence-corrected chi connectivity index (χ4v) is 4.04. The minimum atomic E-state index is -0.610. The summed E-state index contributed by atoms with van der Waals surface area (Å²) in [6, 6.07) is 5.71. The van der Waals surface area contributed by atoms with Crippen molar-refractivity contribution in [2.45, 2.75) is 57.6 Å². The first-order valence-corrected chi connectivity index (χ1v) is 9.88. The molecule has 1 aliphatic heterocycles. The highest BCUT2D eigenvalue weighted by molar-refractivity contribution is 5.84. The molecule has 0 radical (unpaired) electrons. The van der Waals surface area contributed by atoms with Crippen LogP contribution in [0.5, 0.6) is 5.75 Å². The zero-order valence-electron chi connectivity index (χ0n) is 15.7. The Balaban J connectivity index is 1.50. The van der Waals surface area contributed by atoms with E-state index in [4.69, 9.17) is 9.15 Å². The zero-order chi connectivity index (χ0) is 18.8. The predicted octanol–water partition coefficient (Wildman–Crippen LogP) is 2.31. The minimum Gasteiger partial charge on any atom is -0.481 e. The monoisotopic (exact) mass is 370 g/mol. The van der Waals surface area contributed by atoms with E-state index in [2.05, 4.69) is 10.6 Å². The van der Waals surface area contributed by atoms with Crippen LogP contribution in [0.15, 0.2) is 27.4 Å². The molecule has 2 aliphatic rings. The van der Waals surface area contributed by atoms with E-state index < -0.39 is 6.10 Å². The van der Waals surface area contributed by atoms with Gasteiger partial charge in [-0.1, -0.05) is 0 Å². The smallest absolute Gasteiger partial charge is 0.339 e. The van der Waals surface area contributed by atoms with Gasteiger partial charge in [0.2, 0.25) is 0 Å². The lowest BCUT2D eigenvalue weighted by Gasteiger charge is -2.25. The first-order valence-electron chi connectivity index (χ1n) is 9.88. The number of nitrogens with one attached hydrogen (secondary N) is 2. The second kappa shape index (κ2) is 7.72. The molecule has 0 saturated carbocycles. The molecule has 2 heterocycles. The van der Waals surface area contributed by atoms with Crippen LogP contribution in [0.3, 0.4) is 0 Å². The fourth-order valence-electron chi connectivity index (χ4n) is 4.04. The highest BCUT2D eigenvalue weighted by Crippen LogP contribution is 2.29. The SMILES string of the molecule is CC(Oc1ccc2c3c(c(=O)oc2c1)CCCC3)C(=O)NC1CCNCC1. The van der Waals surface area contributed by atoms with Gasteiger partial charge >= 0.3 is 5.63 Å². The van der Waals surface area contributed by atoms with Crippen molar-refractivity contribution in [1.29, 1.82) is 0 Å². The molecule has 1 aromatic carbocycles. The van der Waals surface area contributed by atoms with Crippen LogP contribution in [0, 0.1) is 0 Å². The average Bonchev–Trinajstić information content (AvgIpc) is 2.69. The van der Waals surface area contributed by atoms with Crippen molar-refractivity contribution in [1.82, 2.24) is 10.6 Å². The molecule has 4 rings (SSSR count). The Morgan fingerprint density at radius 2 is 1.96 bits per heavy atom. The first kappa shape index (κ1) is 18.0. The summed E-state index contributed by atoms with van der Waals surface area (Å²) in [5, 5.41) is 7.31. The fraction of sp³-hybridized carbons (Fsp3) is 0.524. The summed E-state index contributed by atoms with van der Waals surface area (Å²) in [7, 11) is 0. The molecule has 144 valence electrons. The molecule has 1 fully saturated rings. The molecule has 1 amide bonds. The van der Waals surface area contributed by atoms with Gasteiger partial charge < -0.3 is 19.8 Å². The van der Waals surface area contributed by atoms with Gasteiger partial charge in [0.25, 0.3) is 5.91 Å². The van der Waals surface area contributed by atoms with Crippen LogP contribution in [0.1, 0.15) is 43.7 Å². The number of amides is 1. The number of aryl methyl sites for hydroxylation is 1. The Morgan fingerprint density at radius 3 is 2.74 bits per heavy atom. The molecule has 0 spiro atoms. The van der Waals surface area contributed by atoms with Crippen LogP contribution >= 0.6 is 0 Å². The molecule has 1 saturated heterocycles. The topological polar surface area (TPSA) is 80.6 Å². The number of piperidine rings is 1.